The minimum Gasteiger partial charge on any atom is -0.449 e. The molecule has 0 bridgehead atoms. The van der Waals surface area contributed by atoms with Crippen LogP contribution in [0.3, 0.4) is 0 Å². The van der Waals surface area contributed by atoms with Gasteiger partial charge in [0.05, 0.1) is 11.4 Å². The van der Waals surface area contributed by atoms with Crippen LogP contribution in [0.5, 0.6) is 23.0 Å². The molecule has 1 aromatic heterocycles. The fourth-order valence-corrected chi connectivity index (χ4v) is 8.51. The van der Waals surface area contributed by atoms with Crippen LogP contribution in [-0.2, 0) is 5.41 Å². The largest absolute Gasteiger partial charge is 0.449 e. The second-order valence-electron chi connectivity index (χ2n) is 14.5. The zero-order valence-electron chi connectivity index (χ0n) is 29.2. The van der Waals surface area contributed by atoms with Gasteiger partial charge in [-0.25, -0.2) is 9.97 Å². The summed E-state index contributed by atoms with van der Waals surface area (Å²) < 4.78 is 13.3. The Bertz CT molecular complexity index is 2950. The molecule has 4 heteroatoms. The third-order valence-electron chi connectivity index (χ3n) is 11.1. The molecule has 2 heterocycles. The molecule has 0 spiro atoms. The highest BCUT2D eigenvalue weighted by atomic mass is 16.6. The molecule has 1 aliphatic heterocycles. The van der Waals surface area contributed by atoms with Crippen molar-refractivity contribution in [3.63, 3.8) is 0 Å². The molecular weight excluding hydrogens is 649 g/mol. The molecule has 0 saturated carbocycles. The predicted molar refractivity (Wildman–Crippen MR) is 215 cm³/mol. The molecule has 0 atom stereocenters. The van der Waals surface area contributed by atoms with Crippen LogP contribution in [0.25, 0.3) is 77.3 Å². The zero-order chi connectivity index (χ0) is 35.3. The number of ether oxygens (including phenoxy) is 2. The summed E-state index contributed by atoms with van der Waals surface area (Å²) in [6.07, 6.45) is 0. The Balaban J connectivity index is 1.06. The maximum absolute atomic E-state index is 6.82. The van der Waals surface area contributed by atoms with Crippen molar-refractivity contribution in [2.45, 2.75) is 19.3 Å². The Labute approximate surface area is 307 Å². The maximum Gasteiger partial charge on any atom is 0.178 e. The van der Waals surface area contributed by atoms with E-state index >= 15 is 0 Å². The van der Waals surface area contributed by atoms with Crippen LogP contribution in [-0.4, -0.2) is 9.97 Å². The van der Waals surface area contributed by atoms with Crippen molar-refractivity contribution < 1.29 is 9.47 Å². The first-order chi connectivity index (χ1) is 26.0. The van der Waals surface area contributed by atoms with E-state index in [4.69, 9.17) is 19.4 Å². The summed E-state index contributed by atoms with van der Waals surface area (Å²) in [5.74, 6) is 3.49. The van der Waals surface area contributed by atoms with Gasteiger partial charge in [-0.2, -0.15) is 0 Å². The van der Waals surface area contributed by atoms with Crippen molar-refractivity contribution in [2.24, 2.45) is 0 Å². The third-order valence-corrected chi connectivity index (χ3v) is 11.1. The lowest BCUT2D eigenvalue weighted by atomic mass is 9.82. The van der Waals surface area contributed by atoms with Gasteiger partial charge in [0.1, 0.15) is 0 Å². The van der Waals surface area contributed by atoms with Crippen molar-refractivity contribution in [1.29, 1.82) is 0 Å². The van der Waals surface area contributed by atoms with Crippen LogP contribution in [0.1, 0.15) is 25.0 Å². The first-order valence-electron chi connectivity index (χ1n) is 18.1. The molecule has 0 saturated heterocycles. The molecule has 0 N–H and O–H groups in total. The summed E-state index contributed by atoms with van der Waals surface area (Å²) in [5.41, 5.74) is 9.25. The van der Waals surface area contributed by atoms with Crippen molar-refractivity contribution in [2.75, 3.05) is 0 Å². The molecule has 0 unspecified atom stereocenters. The van der Waals surface area contributed by atoms with Crippen LogP contribution in [0.15, 0.2) is 158 Å². The molecule has 0 radical (unpaired) electrons. The standard InChI is InChI=1S/C49H32N2O2/c1-49(2)39-19-11-10-18-37(39)46-40(49)23-25-44-47(46)53-45-27-31(21-24-43(45)52-44)42-28-41(50-48(51-42)29-12-4-3-5-13-29)30-20-22-36-34-16-7-6-14-32(34)33-15-8-9-17-35(33)38(36)26-30/h3-28H,1-2H3. The number of hydrogen-bond donors (Lipinski definition) is 0. The Morgan fingerprint density at radius 1 is 0.415 bits per heavy atom. The summed E-state index contributed by atoms with van der Waals surface area (Å²) in [6.45, 7) is 4.55. The van der Waals surface area contributed by atoms with Gasteiger partial charge in [0.2, 0.25) is 0 Å². The van der Waals surface area contributed by atoms with Crippen molar-refractivity contribution in [3.05, 3.63) is 169 Å². The van der Waals surface area contributed by atoms with E-state index in [-0.39, 0.29) is 5.41 Å². The van der Waals surface area contributed by atoms with Gasteiger partial charge in [-0.1, -0.05) is 135 Å². The highest BCUT2D eigenvalue weighted by Crippen LogP contribution is 2.58. The first kappa shape index (κ1) is 29.9. The van der Waals surface area contributed by atoms with E-state index in [1.165, 1.54) is 49.0 Å². The molecule has 0 fully saturated rings. The third kappa shape index (κ3) is 4.49. The summed E-state index contributed by atoms with van der Waals surface area (Å²) >= 11 is 0. The van der Waals surface area contributed by atoms with E-state index in [0.29, 0.717) is 17.3 Å². The van der Waals surface area contributed by atoms with Crippen LogP contribution >= 0.6 is 0 Å². The highest BCUT2D eigenvalue weighted by molar-refractivity contribution is 6.25. The minimum atomic E-state index is -0.139. The molecule has 250 valence electrons. The summed E-state index contributed by atoms with van der Waals surface area (Å²) in [7, 11) is 0. The van der Waals surface area contributed by atoms with Gasteiger partial charge in [-0.3, -0.25) is 0 Å². The molecular formula is C49H32N2O2. The van der Waals surface area contributed by atoms with Gasteiger partial charge >= 0.3 is 0 Å². The predicted octanol–water partition coefficient (Wildman–Crippen LogP) is 13.1. The molecule has 9 aromatic rings. The second kappa shape index (κ2) is 11.1. The average Bonchev–Trinajstić information content (AvgIpc) is 3.46. The Morgan fingerprint density at radius 3 is 1.74 bits per heavy atom. The molecule has 1 aliphatic carbocycles. The van der Waals surface area contributed by atoms with Crippen molar-refractivity contribution in [1.82, 2.24) is 9.97 Å². The fraction of sp³-hybridized carbons (Fsp3) is 0.0612. The van der Waals surface area contributed by atoms with Crippen LogP contribution < -0.4 is 9.47 Å². The molecule has 11 rings (SSSR count). The maximum atomic E-state index is 6.82. The number of fused-ring (bicyclic) bond motifs is 12. The van der Waals surface area contributed by atoms with E-state index in [9.17, 15) is 0 Å². The fourth-order valence-electron chi connectivity index (χ4n) is 8.51. The smallest absolute Gasteiger partial charge is 0.178 e. The van der Waals surface area contributed by atoms with Crippen molar-refractivity contribution >= 4 is 32.3 Å². The van der Waals surface area contributed by atoms with Crippen LogP contribution in [0, 0.1) is 0 Å². The van der Waals surface area contributed by atoms with Gasteiger partial charge in [0, 0.05) is 27.7 Å². The van der Waals surface area contributed by atoms with Gasteiger partial charge < -0.3 is 9.47 Å². The topological polar surface area (TPSA) is 44.2 Å². The van der Waals surface area contributed by atoms with Gasteiger partial charge in [0.25, 0.3) is 0 Å². The minimum absolute atomic E-state index is 0.139. The monoisotopic (exact) mass is 680 g/mol. The number of nitrogens with zero attached hydrogens (tertiary/aromatic N) is 2. The lowest BCUT2D eigenvalue weighted by molar-refractivity contribution is 0.360. The lowest BCUT2D eigenvalue weighted by Crippen LogP contribution is -2.15. The van der Waals surface area contributed by atoms with E-state index in [1.54, 1.807) is 0 Å². The molecule has 0 amide bonds. The van der Waals surface area contributed by atoms with Crippen molar-refractivity contribution in [3.8, 4) is 68.0 Å². The number of benzene rings is 8. The van der Waals surface area contributed by atoms with E-state index in [0.717, 1.165) is 45.1 Å². The van der Waals surface area contributed by atoms with E-state index in [1.807, 2.05) is 36.4 Å². The SMILES string of the molecule is CC1(C)c2ccccc2-c2c1ccc1c2Oc2cc(-c3cc(-c4ccc5c6ccccc6c6ccccc6c5c4)nc(-c4ccccc4)n3)ccc2O1. The Morgan fingerprint density at radius 2 is 1.00 bits per heavy atom. The second-order valence-corrected chi connectivity index (χ2v) is 14.5. The summed E-state index contributed by atoms with van der Waals surface area (Å²) in [5, 5.41) is 7.41. The van der Waals surface area contributed by atoms with Crippen LogP contribution in [0.4, 0.5) is 0 Å². The Hall–Kier alpha value is -6.78. The zero-order valence-corrected chi connectivity index (χ0v) is 29.2. The quantitative estimate of drug-likeness (QED) is 0.174. The lowest BCUT2D eigenvalue weighted by Gasteiger charge is -2.25. The molecule has 8 aromatic carbocycles. The van der Waals surface area contributed by atoms with Crippen LogP contribution in [0.2, 0.25) is 0 Å². The van der Waals surface area contributed by atoms with Gasteiger partial charge in [-0.05, 0) is 85.4 Å². The Kier molecular flexibility index (Phi) is 6.27. The number of rotatable bonds is 3. The molecule has 4 nitrogen and oxygen atoms in total. The summed E-state index contributed by atoms with van der Waals surface area (Å²) in [4.78, 5) is 10.3. The number of aromatic nitrogens is 2. The van der Waals surface area contributed by atoms with E-state index < -0.39 is 0 Å². The number of hydrogen-bond acceptors (Lipinski definition) is 4. The first-order valence-corrected chi connectivity index (χ1v) is 18.1. The highest BCUT2D eigenvalue weighted by Gasteiger charge is 2.39. The molecule has 53 heavy (non-hydrogen) atoms. The van der Waals surface area contributed by atoms with Gasteiger partial charge in [0.15, 0.2) is 28.8 Å². The van der Waals surface area contributed by atoms with Gasteiger partial charge in [-0.15, -0.1) is 0 Å². The van der Waals surface area contributed by atoms with E-state index in [2.05, 4.69) is 135 Å². The normalized spacial score (nSPS) is 13.5. The average molecular weight is 681 g/mol. The summed E-state index contributed by atoms with van der Waals surface area (Å²) in [6, 6.07) is 55.2. The molecule has 2 aliphatic rings.